The number of carbonyl (C=O) groups is 1. The Morgan fingerprint density at radius 1 is 1.00 bits per heavy atom. The second kappa shape index (κ2) is 11.4. The highest BCUT2D eigenvalue weighted by Crippen LogP contribution is 2.45. The zero-order valence-electron chi connectivity index (χ0n) is 26.0. The van der Waals surface area contributed by atoms with Crippen molar-refractivity contribution in [1.82, 2.24) is 19.4 Å². The average Bonchev–Trinajstić information content (AvgIpc) is 3.51. The SMILES string of the molecule is CC(=O)[C@@H](OC(C)(C)C)c1c(C)cc2nc(-c3ccc4c(c3)nc(C)n4C3CCN(C)CC3)sc2c1-c1ccc(Cl)cc1. The van der Waals surface area contributed by atoms with Crippen molar-refractivity contribution < 1.29 is 9.53 Å². The van der Waals surface area contributed by atoms with E-state index >= 15 is 0 Å². The first kappa shape index (κ1) is 29.9. The van der Waals surface area contributed by atoms with Crippen LogP contribution in [0.15, 0.2) is 48.5 Å². The molecule has 0 spiro atoms. The maximum atomic E-state index is 13.1. The molecular weight excluding hydrogens is 576 g/mol. The molecule has 1 aliphatic heterocycles. The molecule has 0 saturated carbocycles. The van der Waals surface area contributed by atoms with Gasteiger partial charge in [0.2, 0.25) is 0 Å². The van der Waals surface area contributed by atoms with E-state index in [1.165, 1.54) is 5.52 Å². The lowest BCUT2D eigenvalue weighted by atomic mass is 9.90. The Labute approximate surface area is 262 Å². The van der Waals surface area contributed by atoms with E-state index in [-0.39, 0.29) is 5.78 Å². The predicted octanol–water partition coefficient (Wildman–Crippen LogP) is 8.96. The van der Waals surface area contributed by atoms with Crippen LogP contribution < -0.4 is 0 Å². The number of rotatable bonds is 6. The number of fused-ring (bicyclic) bond motifs is 2. The van der Waals surface area contributed by atoms with Crippen LogP contribution in [0.25, 0.3) is 42.9 Å². The number of hydrogen-bond donors (Lipinski definition) is 0. The van der Waals surface area contributed by atoms with Gasteiger partial charge in [0.05, 0.1) is 26.9 Å². The fraction of sp³-hybridized carbons (Fsp3) is 0.400. The summed E-state index contributed by atoms with van der Waals surface area (Å²) in [7, 11) is 2.19. The maximum Gasteiger partial charge on any atom is 0.163 e. The number of piperidine rings is 1. The Kier molecular flexibility index (Phi) is 7.96. The lowest BCUT2D eigenvalue weighted by molar-refractivity contribution is -0.138. The molecule has 1 saturated heterocycles. The molecule has 2 aromatic heterocycles. The van der Waals surface area contributed by atoms with Gasteiger partial charge >= 0.3 is 0 Å². The van der Waals surface area contributed by atoms with Gasteiger partial charge in [0.25, 0.3) is 0 Å². The standard InChI is InChI=1S/C35H39ClN4O2S/c1-20-18-28-33(31(23-8-11-25(36)12-9-23)30(20)32(21(2)41)42-35(4,5)6)43-34(38-28)24-10-13-29-27(19-24)37-22(3)40(29)26-14-16-39(7)17-15-26/h8-13,18-19,26,32H,14-17H2,1-7H3/t32-/m1/s1. The van der Waals surface area contributed by atoms with Crippen LogP contribution in [0, 0.1) is 13.8 Å². The molecule has 8 heteroatoms. The number of hydrogen-bond acceptors (Lipinski definition) is 6. The van der Waals surface area contributed by atoms with Crippen LogP contribution >= 0.6 is 22.9 Å². The summed E-state index contributed by atoms with van der Waals surface area (Å²) in [5, 5.41) is 1.59. The summed E-state index contributed by atoms with van der Waals surface area (Å²) < 4.78 is 9.85. The van der Waals surface area contributed by atoms with Crippen molar-refractivity contribution >= 4 is 50.0 Å². The van der Waals surface area contributed by atoms with Gasteiger partial charge in [0, 0.05) is 27.8 Å². The van der Waals surface area contributed by atoms with Gasteiger partial charge in [0.15, 0.2) is 5.78 Å². The van der Waals surface area contributed by atoms with Gasteiger partial charge in [-0.1, -0.05) is 23.7 Å². The number of ketones is 1. The second-order valence-corrected chi connectivity index (χ2v) is 14.3. The molecule has 3 heterocycles. The number of aryl methyl sites for hydroxylation is 2. The number of benzene rings is 3. The van der Waals surface area contributed by atoms with E-state index in [1.807, 2.05) is 52.0 Å². The zero-order chi connectivity index (χ0) is 30.6. The molecule has 0 aliphatic carbocycles. The van der Waals surface area contributed by atoms with E-state index in [4.69, 9.17) is 26.3 Å². The van der Waals surface area contributed by atoms with E-state index in [9.17, 15) is 4.79 Å². The van der Waals surface area contributed by atoms with E-state index in [0.29, 0.717) is 11.1 Å². The van der Waals surface area contributed by atoms with Crippen molar-refractivity contribution in [3.63, 3.8) is 0 Å². The molecule has 0 amide bonds. The Bertz CT molecular complexity index is 1830. The molecule has 0 radical (unpaired) electrons. The summed E-state index contributed by atoms with van der Waals surface area (Å²) in [6.45, 7) is 13.9. The molecule has 0 unspecified atom stereocenters. The molecule has 0 N–H and O–H groups in total. The van der Waals surface area contributed by atoms with Crippen LogP contribution in [0.3, 0.4) is 0 Å². The first-order chi connectivity index (χ1) is 20.4. The molecule has 224 valence electrons. The molecule has 43 heavy (non-hydrogen) atoms. The highest BCUT2D eigenvalue weighted by Gasteiger charge is 2.30. The Hall–Kier alpha value is -3.10. The van der Waals surface area contributed by atoms with Crippen molar-refractivity contribution in [1.29, 1.82) is 0 Å². The van der Waals surface area contributed by atoms with E-state index in [2.05, 4.69) is 47.7 Å². The Balaban J connectivity index is 1.50. The predicted molar refractivity (Wildman–Crippen MR) is 178 cm³/mol. The summed E-state index contributed by atoms with van der Waals surface area (Å²) in [6.07, 6.45) is 1.57. The average molecular weight is 615 g/mol. The van der Waals surface area contributed by atoms with Crippen LogP contribution in [-0.4, -0.2) is 51.0 Å². The number of aromatic nitrogens is 3. The van der Waals surface area contributed by atoms with Crippen molar-refractivity contribution in [2.45, 2.75) is 72.1 Å². The van der Waals surface area contributed by atoms with Crippen molar-refractivity contribution in [3.05, 3.63) is 70.5 Å². The number of likely N-dealkylation sites (tertiary alicyclic amines) is 1. The van der Waals surface area contributed by atoms with E-state index in [1.54, 1.807) is 18.3 Å². The van der Waals surface area contributed by atoms with Crippen LogP contribution in [0.5, 0.6) is 0 Å². The number of ether oxygens (including phenoxy) is 1. The molecule has 1 fully saturated rings. The molecule has 1 atom stereocenters. The minimum absolute atomic E-state index is 0.0293. The third-order valence-electron chi connectivity index (χ3n) is 8.33. The first-order valence-electron chi connectivity index (χ1n) is 15.0. The quantitative estimate of drug-likeness (QED) is 0.191. The highest BCUT2D eigenvalue weighted by atomic mass is 35.5. The van der Waals surface area contributed by atoms with Gasteiger partial charge in [0.1, 0.15) is 16.9 Å². The van der Waals surface area contributed by atoms with E-state index in [0.717, 1.165) is 80.3 Å². The highest BCUT2D eigenvalue weighted by molar-refractivity contribution is 7.22. The largest absolute Gasteiger partial charge is 0.360 e. The minimum atomic E-state index is -0.705. The van der Waals surface area contributed by atoms with Crippen molar-refractivity contribution in [2.24, 2.45) is 0 Å². The molecule has 6 nitrogen and oxygen atoms in total. The topological polar surface area (TPSA) is 60.2 Å². The summed E-state index contributed by atoms with van der Waals surface area (Å²) in [6, 6.07) is 16.9. The normalized spacial score (nSPS) is 15.9. The smallest absolute Gasteiger partial charge is 0.163 e. The molecule has 6 rings (SSSR count). The monoisotopic (exact) mass is 614 g/mol. The molecule has 5 aromatic rings. The van der Waals surface area contributed by atoms with Crippen LogP contribution in [-0.2, 0) is 9.53 Å². The Morgan fingerprint density at radius 3 is 2.33 bits per heavy atom. The summed E-state index contributed by atoms with van der Waals surface area (Å²) in [5.74, 6) is 1.03. The van der Waals surface area contributed by atoms with Gasteiger partial charge in [-0.2, -0.15) is 0 Å². The van der Waals surface area contributed by atoms with Crippen LogP contribution in [0.4, 0.5) is 0 Å². The first-order valence-corrected chi connectivity index (χ1v) is 16.1. The fourth-order valence-corrected chi connectivity index (χ4v) is 7.59. The van der Waals surface area contributed by atoms with Gasteiger partial charge in [-0.25, -0.2) is 9.97 Å². The van der Waals surface area contributed by atoms with Crippen molar-refractivity contribution in [3.8, 4) is 21.7 Å². The number of halogens is 1. The van der Waals surface area contributed by atoms with Crippen LogP contribution in [0.1, 0.15) is 69.6 Å². The molecule has 0 bridgehead atoms. The minimum Gasteiger partial charge on any atom is -0.360 e. The summed E-state index contributed by atoms with van der Waals surface area (Å²) in [4.78, 5) is 25.6. The lowest BCUT2D eigenvalue weighted by Gasteiger charge is -2.30. The zero-order valence-corrected chi connectivity index (χ0v) is 27.6. The van der Waals surface area contributed by atoms with E-state index < -0.39 is 11.7 Å². The van der Waals surface area contributed by atoms with Gasteiger partial charge in [-0.3, -0.25) is 4.79 Å². The van der Waals surface area contributed by atoms with Gasteiger partial charge < -0.3 is 14.2 Å². The molecule has 3 aromatic carbocycles. The number of carbonyl (C=O) groups excluding carboxylic acids is 1. The Morgan fingerprint density at radius 2 is 1.67 bits per heavy atom. The summed E-state index contributed by atoms with van der Waals surface area (Å²) >= 11 is 7.93. The summed E-state index contributed by atoms with van der Waals surface area (Å²) in [5.41, 5.74) is 7.43. The maximum absolute atomic E-state index is 13.1. The van der Waals surface area contributed by atoms with Crippen molar-refractivity contribution in [2.75, 3.05) is 20.1 Å². The second-order valence-electron chi connectivity index (χ2n) is 12.8. The lowest BCUT2D eigenvalue weighted by Crippen LogP contribution is -2.31. The molecule has 1 aliphatic rings. The number of nitrogens with zero attached hydrogens (tertiary/aromatic N) is 4. The third kappa shape index (κ3) is 5.88. The fourth-order valence-electron chi connectivity index (χ4n) is 6.34. The number of Topliss-reactive ketones (excluding diaryl/α,β-unsaturated/α-hetero) is 1. The van der Waals surface area contributed by atoms with Crippen LogP contribution in [0.2, 0.25) is 5.02 Å². The van der Waals surface area contributed by atoms with Gasteiger partial charge in [-0.05, 0) is 122 Å². The van der Waals surface area contributed by atoms with Gasteiger partial charge in [-0.15, -0.1) is 11.3 Å². The molecular formula is C35H39ClN4O2S. The number of imidazole rings is 1. The number of thiazole rings is 1. The third-order valence-corrected chi connectivity index (χ3v) is 9.72.